The zero-order valence-corrected chi connectivity index (χ0v) is 22.3. The lowest BCUT2D eigenvalue weighted by Crippen LogP contribution is -2.52. The van der Waals surface area contributed by atoms with Crippen LogP contribution < -0.4 is 14.4 Å². The van der Waals surface area contributed by atoms with Gasteiger partial charge in [0.25, 0.3) is 10.0 Å². The molecule has 0 radical (unpaired) electrons. The number of benzene rings is 3. The molecule has 0 aromatic heterocycles. The number of sulfonamides is 1. The van der Waals surface area contributed by atoms with E-state index in [1.54, 1.807) is 49.4 Å². The van der Waals surface area contributed by atoms with Gasteiger partial charge in [0, 0.05) is 18.7 Å². The third kappa shape index (κ3) is 7.10. The minimum atomic E-state index is -4.12. The Morgan fingerprint density at radius 1 is 0.892 bits per heavy atom. The summed E-state index contributed by atoms with van der Waals surface area (Å²) in [5, 5.41) is 2.84. The van der Waals surface area contributed by atoms with Crippen molar-refractivity contribution in [2.75, 3.05) is 18.0 Å². The first-order chi connectivity index (χ1) is 17.6. The van der Waals surface area contributed by atoms with Gasteiger partial charge in [0.15, 0.2) is 0 Å². The predicted octanol–water partition coefficient (Wildman–Crippen LogP) is 3.83. The first-order valence-corrected chi connectivity index (χ1v) is 13.4. The van der Waals surface area contributed by atoms with Gasteiger partial charge in [-0.2, -0.15) is 0 Å². The van der Waals surface area contributed by atoms with Gasteiger partial charge in [0.05, 0.1) is 17.7 Å². The summed E-state index contributed by atoms with van der Waals surface area (Å²) < 4.78 is 33.8. The van der Waals surface area contributed by atoms with Crippen molar-refractivity contribution in [1.82, 2.24) is 10.2 Å². The maximum atomic E-state index is 13.8. The van der Waals surface area contributed by atoms with Gasteiger partial charge in [-0.05, 0) is 50.6 Å². The van der Waals surface area contributed by atoms with Gasteiger partial charge in [-0.1, -0.05) is 54.6 Å². The Labute approximate surface area is 218 Å². The third-order valence-electron chi connectivity index (χ3n) is 5.75. The highest BCUT2D eigenvalue weighted by Gasteiger charge is 2.32. The molecule has 196 valence electrons. The summed E-state index contributed by atoms with van der Waals surface area (Å²) >= 11 is 0. The van der Waals surface area contributed by atoms with Crippen LogP contribution in [0.25, 0.3) is 0 Å². The molecule has 0 unspecified atom stereocenters. The highest BCUT2D eigenvalue weighted by atomic mass is 32.2. The van der Waals surface area contributed by atoms with Gasteiger partial charge in [-0.15, -0.1) is 0 Å². The van der Waals surface area contributed by atoms with Crippen LogP contribution in [-0.4, -0.2) is 50.9 Å². The molecule has 9 heteroatoms. The van der Waals surface area contributed by atoms with Crippen molar-refractivity contribution in [2.45, 2.75) is 44.3 Å². The summed E-state index contributed by atoms with van der Waals surface area (Å²) in [5.74, 6) is -0.389. The Hall–Kier alpha value is -3.85. The molecular formula is C28H33N3O5S. The van der Waals surface area contributed by atoms with Crippen molar-refractivity contribution >= 4 is 27.5 Å². The molecule has 0 saturated heterocycles. The molecule has 37 heavy (non-hydrogen) atoms. The monoisotopic (exact) mass is 523 g/mol. The average molecular weight is 524 g/mol. The Balaban J connectivity index is 2.02. The van der Waals surface area contributed by atoms with E-state index in [0.717, 1.165) is 9.87 Å². The Morgan fingerprint density at radius 3 is 2.11 bits per heavy atom. The Morgan fingerprint density at radius 2 is 1.51 bits per heavy atom. The van der Waals surface area contributed by atoms with E-state index in [0.29, 0.717) is 5.75 Å². The summed E-state index contributed by atoms with van der Waals surface area (Å²) in [5.41, 5.74) is 1.09. The van der Waals surface area contributed by atoms with Gasteiger partial charge in [-0.25, -0.2) is 8.42 Å². The molecule has 3 rings (SSSR count). The van der Waals surface area contributed by atoms with Crippen LogP contribution in [0.3, 0.4) is 0 Å². The second-order valence-electron chi connectivity index (χ2n) is 8.87. The lowest BCUT2D eigenvalue weighted by molar-refractivity contribution is -0.139. The summed E-state index contributed by atoms with van der Waals surface area (Å²) in [4.78, 5) is 28.1. The fourth-order valence-corrected chi connectivity index (χ4v) is 5.21. The number of anilines is 1. The highest BCUT2D eigenvalue weighted by Crippen LogP contribution is 2.27. The van der Waals surface area contributed by atoms with Crippen molar-refractivity contribution in [1.29, 1.82) is 0 Å². The molecular weight excluding hydrogens is 490 g/mol. The van der Waals surface area contributed by atoms with E-state index in [1.165, 1.54) is 24.1 Å². The quantitative estimate of drug-likeness (QED) is 0.412. The molecule has 2 amide bonds. The Bertz CT molecular complexity index is 1300. The molecule has 0 heterocycles. The van der Waals surface area contributed by atoms with Gasteiger partial charge in [-0.3, -0.25) is 13.9 Å². The van der Waals surface area contributed by atoms with E-state index in [-0.39, 0.29) is 29.1 Å². The molecule has 0 aliphatic carbocycles. The van der Waals surface area contributed by atoms with Crippen LogP contribution in [0, 0.1) is 0 Å². The van der Waals surface area contributed by atoms with Crippen LogP contribution in [0.1, 0.15) is 26.3 Å². The molecule has 0 aliphatic rings. The number of carbonyl (C=O) groups excluding carboxylic acids is 2. The minimum absolute atomic E-state index is 0.0471. The summed E-state index contributed by atoms with van der Waals surface area (Å²) in [6.07, 6.45) is 0. The van der Waals surface area contributed by atoms with Crippen LogP contribution in [0.15, 0.2) is 89.8 Å². The van der Waals surface area contributed by atoms with Crippen molar-refractivity contribution in [3.05, 3.63) is 90.5 Å². The number of hydrogen-bond acceptors (Lipinski definition) is 5. The van der Waals surface area contributed by atoms with E-state index in [9.17, 15) is 18.0 Å². The number of nitrogens with one attached hydrogen (secondary N) is 1. The van der Waals surface area contributed by atoms with Gasteiger partial charge < -0.3 is 15.0 Å². The second kappa shape index (κ2) is 12.4. The molecule has 8 nitrogen and oxygen atoms in total. The average Bonchev–Trinajstić information content (AvgIpc) is 2.90. The molecule has 0 fully saturated rings. The van der Waals surface area contributed by atoms with Crippen LogP contribution in [0.2, 0.25) is 0 Å². The fraction of sp³-hybridized carbons (Fsp3) is 0.286. The van der Waals surface area contributed by atoms with E-state index >= 15 is 0 Å². The van der Waals surface area contributed by atoms with Crippen LogP contribution in [0.5, 0.6) is 5.75 Å². The number of carbonyl (C=O) groups is 2. The van der Waals surface area contributed by atoms with Gasteiger partial charge in [0.1, 0.15) is 18.3 Å². The van der Waals surface area contributed by atoms with E-state index in [4.69, 9.17) is 4.74 Å². The first-order valence-electron chi connectivity index (χ1n) is 12.0. The summed E-state index contributed by atoms with van der Waals surface area (Å²) in [6, 6.07) is 22.8. The molecule has 0 aliphatic heterocycles. The number of nitrogens with zero attached hydrogens (tertiary/aromatic N) is 2. The molecule has 0 bridgehead atoms. The first kappa shape index (κ1) is 27.7. The summed E-state index contributed by atoms with van der Waals surface area (Å²) in [6.45, 7) is 4.95. The lowest BCUT2D eigenvalue weighted by Gasteiger charge is -2.32. The standard InChI is InChI=1S/C28H33N3O5S/c1-21(2)29-28(33)22(3)30(19-23-12-7-5-8-13-23)27(32)20-31(24-14-11-15-25(18-24)36-4)37(34,35)26-16-9-6-10-17-26/h5-18,21-22H,19-20H2,1-4H3,(H,29,33)/t22-/m1/s1. The van der Waals surface area contributed by atoms with Crippen molar-refractivity contribution in [3.8, 4) is 5.75 Å². The maximum Gasteiger partial charge on any atom is 0.264 e. The number of ether oxygens (including phenoxy) is 1. The third-order valence-corrected chi connectivity index (χ3v) is 7.53. The van der Waals surface area contributed by atoms with E-state index in [1.807, 2.05) is 44.2 Å². The van der Waals surface area contributed by atoms with Crippen LogP contribution in [-0.2, 0) is 26.2 Å². The molecule has 1 N–H and O–H groups in total. The number of methoxy groups -OCH3 is 1. The smallest absolute Gasteiger partial charge is 0.264 e. The zero-order chi connectivity index (χ0) is 27.0. The molecule has 3 aromatic rings. The minimum Gasteiger partial charge on any atom is -0.497 e. The zero-order valence-electron chi connectivity index (χ0n) is 21.5. The number of rotatable bonds is 11. The van der Waals surface area contributed by atoms with Crippen molar-refractivity contribution in [2.24, 2.45) is 0 Å². The lowest BCUT2D eigenvalue weighted by atomic mass is 10.1. The molecule has 1 atom stereocenters. The normalized spacial score (nSPS) is 12.0. The maximum absolute atomic E-state index is 13.8. The fourth-order valence-electron chi connectivity index (χ4n) is 3.78. The molecule has 0 saturated carbocycles. The molecule has 0 spiro atoms. The van der Waals surface area contributed by atoms with Crippen molar-refractivity contribution < 1.29 is 22.7 Å². The van der Waals surface area contributed by atoms with Gasteiger partial charge in [0.2, 0.25) is 11.8 Å². The van der Waals surface area contributed by atoms with E-state index < -0.39 is 28.5 Å². The highest BCUT2D eigenvalue weighted by molar-refractivity contribution is 7.92. The molecule has 3 aromatic carbocycles. The van der Waals surface area contributed by atoms with Crippen LogP contribution in [0.4, 0.5) is 5.69 Å². The van der Waals surface area contributed by atoms with E-state index in [2.05, 4.69) is 5.32 Å². The predicted molar refractivity (Wildman–Crippen MR) is 144 cm³/mol. The van der Waals surface area contributed by atoms with Crippen LogP contribution >= 0.6 is 0 Å². The number of amides is 2. The number of hydrogen-bond donors (Lipinski definition) is 1. The van der Waals surface area contributed by atoms with Crippen molar-refractivity contribution in [3.63, 3.8) is 0 Å². The largest absolute Gasteiger partial charge is 0.497 e. The topological polar surface area (TPSA) is 96.0 Å². The second-order valence-corrected chi connectivity index (χ2v) is 10.7. The summed E-state index contributed by atoms with van der Waals surface area (Å²) in [7, 11) is -2.63. The van der Waals surface area contributed by atoms with Gasteiger partial charge >= 0.3 is 0 Å². The Kier molecular flexibility index (Phi) is 9.30. The SMILES string of the molecule is COc1cccc(N(CC(=O)N(Cc2ccccc2)[C@H](C)C(=O)NC(C)C)S(=O)(=O)c2ccccc2)c1.